The molecule has 0 spiro atoms. The SMILES string of the molecule is Cc1c(Cl)ccc(S(=O)(=O)N(CCc2ccccc2)CC(=O)NCC(=O)NCc2ccc(C(N)=NO)cc2)c1Cl. The third-order valence-electron chi connectivity index (χ3n) is 6.01. The fourth-order valence-corrected chi connectivity index (χ4v) is 5.85. The van der Waals surface area contributed by atoms with Crippen molar-refractivity contribution in [2.45, 2.75) is 24.8 Å². The highest BCUT2D eigenvalue weighted by atomic mass is 35.5. The van der Waals surface area contributed by atoms with E-state index < -0.39 is 28.4 Å². The van der Waals surface area contributed by atoms with E-state index >= 15 is 0 Å². The molecule has 5 N–H and O–H groups in total. The number of nitrogens with two attached hydrogens (primary N) is 1. The van der Waals surface area contributed by atoms with Gasteiger partial charge in [-0.2, -0.15) is 4.31 Å². The van der Waals surface area contributed by atoms with Crippen molar-refractivity contribution in [3.05, 3.63) is 99.0 Å². The summed E-state index contributed by atoms with van der Waals surface area (Å²) in [6, 6.07) is 18.7. The quantitative estimate of drug-likeness (QED) is 0.108. The Morgan fingerprint density at radius 1 is 0.950 bits per heavy atom. The van der Waals surface area contributed by atoms with Crippen LogP contribution >= 0.6 is 23.2 Å². The second kappa shape index (κ2) is 14.1. The molecular formula is C27H29Cl2N5O5S. The van der Waals surface area contributed by atoms with Gasteiger partial charge in [-0.3, -0.25) is 9.59 Å². The molecule has 0 aliphatic carbocycles. The molecule has 13 heteroatoms. The average molecular weight is 607 g/mol. The lowest BCUT2D eigenvalue weighted by molar-refractivity contribution is -0.126. The zero-order valence-corrected chi connectivity index (χ0v) is 23.9. The summed E-state index contributed by atoms with van der Waals surface area (Å²) >= 11 is 12.4. The summed E-state index contributed by atoms with van der Waals surface area (Å²) < 4.78 is 28.2. The maximum atomic E-state index is 13.6. The lowest BCUT2D eigenvalue weighted by Crippen LogP contribution is -2.44. The summed E-state index contributed by atoms with van der Waals surface area (Å²) in [4.78, 5) is 24.9. The van der Waals surface area contributed by atoms with Crippen molar-refractivity contribution in [3.63, 3.8) is 0 Å². The molecule has 40 heavy (non-hydrogen) atoms. The Kier molecular flexibility index (Phi) is 10.9. The standard InChI is InChI=1S/C27H29Cl2N5O5S/c1-18-22(28)11-12-23(26(18)29)40(38,39)34(14-13-19-5-3-2-4-6-19)17-25(36)32-16-24(35)31-15-20-7-9-21(10-8-20)27(30)33-37/h2-12,37H,13-17H2,1H3,(H2,30,33)(H,31,35)(H,32,36). The molecular weight excluding hydrogens is 577 g/mol. The number of amides is 2. The Bertz CT molecular complexity index is 1480. The second-order valence-electron chi connectivity index (χ2n) is 8.79. The van der Waals surface area contributed by atoms with Gasteiger partial charge in [-0.05, 0) is 42.2 Å². The van der Waals surface area contributed by atoms with Gasteiger partial charge in [0.05, 0.1) is 18.1 Å². The number of amidine groups is 1. The molecule has 0 aliphatic rings. The largest absolute Gasteiger partial charge is 0.409 e. The van der Waals surface area contributed by atoms with Crippen LogP contribution in [0.3, 0.4) is 0 Å². The third-order valence-corrected chi connectivity index (χ3v) is 8.90. The Hall–Kier alpha value is -3.64. The predicted molar refractivity (Wildman–Crippen MR) is 154 cm³/mol. The number of nitrogens with zero attached hydrogens (tertiary/aromatic N) is 2. The summed E-state index contributed by atoms with van der Waals surface area (Å²) in [5, 5.41) is 17.1. The second-order valence-corrected chi connectivity index (χ2v) is 11.5. The normalized spacial score (nSPS) is 11.8. The topological polar surface area (TPSA) is 154 Å². The van der Waals surface area contributed by atoms with E-state index in [2.05, 4.69) is 15.8 Å². The molecule has 0 radical (unpaired) electrons. The molecule has 0 unspecified atom stereocenters. The van der Waals surface area contributed by atoms with Crippen molar-refractivity contribution in [2.24, 2.45) is 10.9 Å². The number of oxime groups is 1. The molecule has 0 saturated heterocycles. The van der Waals surface area contributed by atoms with Crippen LogP contribution in [0.15, 0.2) is 76.8 Å². The third kappa shape index (κ3) is 8.18. The first-order chi connectivity index (χ1) is 19.0. The maximum Gasteiger partial charge on any atom is 0.245 e. The number of carbonyl (C=O) groups excluding carboxylic acids is 2. The number of sulfonamides is 1. The Morgan fingerprint density at radius 2 is 1.62 bits per heavy atom. The van der Waals surface area contributed by atoms with Crippen molar-refractivity contribution in [3.8, 4) is 0 Å². The molecule has 0 fully saturated rings. The van der Waals surface area contributed by atoms with Crippen LogP contribution in [0, 0.1) is 6.92 Å². The number of hydrogen-bond acceptors (Lipinski definition) is 6. The van der Waals surface area contributed by atoms with Crippen LogP contribution < -0.4 is 16.4 Å². The Morgan fingerprint density at radius 3 is 2.27 bits per heavy atom. The minimum Gasteiger partial charge on any atom is -0.409 e. The van der Waals surface area contributed by atoms with Crippen LogP contribution in [0.2, 0.25) is 10.0 Å². The van der Waals surface area contributed by atoms with E-state index in [-0.39, 0.29) is 35.4 Å². The Labute approximate surface area is 242 Å². The van der Waals surface area contributed by atoms with Gasteiger partial charge in [-0.15, -0.1) is 0 Å². The number of carbonyl (C=O) groups is 2. The van der Waals surface area contributed by atoms with Gasteiger partial charge in [-0.25, -0.2) is 8.42 Å². The van der Waals surface area contributed by atoms with Gasteiger partial charge in [0.15, 0.2) is 5.84 Å². The van der Waals surface area contributed by atoms with E-state index in [9.17, 15) is 18.0 Å². The molecule has 10 nitrogen and oxygen atoms in total. The molecule has 0 heterocycles. The molecule has 3 rings (SSSR count). The van der Waals surface area contributed by atoms with Crippen molar-refractivity contribution in [1.29, 1.82) is 0 Å². The average Bonchev–Trinajstić information content (AvgIpc) is 2.96. The van der Waals surface area contributed by atoms with Gasteiger partial charge in [0.25, 0.3) is 0 Å². The van der Waals surface area contributed by atoms with E-state index in [1.165, 1.54) is 12.1 Å². The lowest BCUT2D eigenvalue weighted by atomic mass is 10.1. The molecule has 0 aromatic heterocycles. The van der Waals surface area contributed by atoms with Gasteiger partial charge >= 0.3 is 0 Å². The van der Waals surface area contributed by atoms with Crippen molar-refractivity contribution in [2.75, 3.05) is 19.6 Å². The molecule has 212 valence electrons. The summed E-state index contributed by atoms with van der Waals surface area (Å²) in [6.07, 6.45) is 0.354. The monoisotopic (exact) mass is 605 g/mol. The van der Waals surface area contributed by atoms with E-state index in [1.54, 1.807) is 31.2 Å². The minimum atomic E-state index is -4.18. The van der Waals surface area contributed by atoms with Crippen LogP contribution in [0.5, 0.6) is 0 Å². The first kappa shape index (κ1) is 30.9. The van der Waals surface area contributed by atoms with E-state index in [0.29, 0.717) is 22.6 Å². The van der Waals surface area contributed by atoms with Gasteiger partial charge in [0.1, 0.15) is 4.90 Å². The molecule has 0 bridgehead atoms. The molecule has 3 aromatic carbocycles. The Balaban J connectivity index is 1.64. The molecule has 2 amide bonds. The van der Waals surface area contributed by atoms with Gasteiger partial charge in [0, 0.05) is 23.7 Å². The van der Waals surface area contributed by atoms with Crippen molar-refractivity contribution < 1.29 is 23.2 Å². The summed E-state index contributed by atoms with van der Waals surface area (Å²) in [5.74, 6) is -1.16. The van der Waals surface area contributed by atoms with Crippen LogP contribution in [0.25, 0.3) is 0 Å². The van der Waals surface area contributed by atoms with E-state index in [1.807, 2.05) is 30.3 Å². The van der Waals surface area contributed by atoms with Crippen LogP contribution in [-0.2, 0) is 32.6 Å². The highest BCUT2D eigenvalue weighted by molar-refractivity contribution is 7.89. The van der Waals surface area contributed by atoms with Crippen molar-refractivity contribution in [1.82, 2.24) is 14.9 Å². The fraction of sp³-hybridized carbons (Fsp3) is 0.222. The zero-order valence-electron chi connectivity index (χ0n) is 21.6. The number of nitrogens with one attached hydrogen (secondary N) is 2. The summed E-state index contributed by atoms with van der Waals surface area (Å²) in [5.41, 5.74) is 8.11. The molecule has 0 atom stereocenters. The smallest absolute Gasteiger partial charge is 0.245 e. The van der Waals surface area contributed by atoms with E-state index in [4.69, 9.17) is 34.1 Å². The van der Waals surface area contributed by atoms with Gasteiger partial charge in [-0.1, -0.05) is 83.0 Å². The lowest BCUT2D eigenvalue weighted by Gasteiger charge is -2.23. The summed E-state index contributed by atoms with van der Waals surface area (Å²) in [6.45, 7) is 0.920. The minimum absolute atomic E-state index is 0.00542. The molecule has 0 aliphatic heterocycles. The fourth-order valence-electron chi connectivity index (χ4n) is 3.67. The molecule has 0 saturated carbocycles. The van der Waals surface area contributed by atoms with Crippen LogP contribution in [-0.4, -0.2) is 55.2 Å². The van der Waals surface area contributed by atoms with Crippen molar-refractivity contribution >= 4 is 50.9 Å². The maximum absolute atomic E-state index is 13.6. The number of halogens is 2. The van der Waals surface area contributed by atoms with Crippen LogP contribution in [0.1, 0.15) is 22.3 Å². The van der Waals surface area contributed by atoms with Gasteiger partial charge < -0.3 is 21.6 Å². The highest BCUT2D eigenvalue weighted by Crippen LogP contribution is 2.32. The first-order valence-corrected chi connectivity index (χ1v) is 14.3. The van der Waals surface area contributed by atoms with E-state index in [0.717, 1.165) is 15.4 Å². The highest BCUT2D eigenvalue weighted by Gasteiger charge is 2.29. The number of rotatable bonds is 12. The summed E-state index contributed by atoms with van der Waals surface area (Å²) in [7, 11) is -4.18. The number of hydrogen-bond donors (Lipinski definition) is 4. The van der Waals surface area contributed by atoms with Crippen LogP contribution in [0.4, 0.5) is 0 Å². The van der Waals surface area contributed by atoms with Gasteiger partial charge in [0.2, 0.25) is 21.8 Å². The zero-order chi connectivity index (χ0) is 29.3. The molecule has 3 aromatic rings. The number of benzene rings is 3. The predicted octanol–water partition coefficient (Wildman–Crippen LogP) is 3.06. The first-order valence-electron chi connectivity index (χ1n) is 12.1.